The molecule has 1 aliphatic heterocycles. The number of aliphatic hydroxyl groups is 2. The van der Waals surface area contributed by atoms with Crippen LogP contribution in [0.1, 0.15) is 37.5 Å². The summed E-state index contributed by atoms with van der Waals surface area (Å²) in [5.74, 6) is 3.25. The molecule has 0 unspecified atom stereocenters. The van der Waals surface area contributed by atoms with Crippen molar-refractivity contribution in [1.29, 1.82) is 0 Å². The first-order chi connectivity index (χ1) is 13.6. The smallest absolute Gasteiger partial charge is 0.394 e. The number of hydrogen-bond donors (Lipinski definition) is 4. The second kappa shape index (κ2) is 9.73. The standard InChI is InChI=1S/C17H20F3N3O6/c18-17(19,20)15(27)21-6-4-2-1-3-5-10-8-23(16(28)22-14(10)26)13-7-11(25)12(9-24)29-13/h8,11-13,24-25H,1-2,4,6-7,9H2,(H,21,27)(H,22,26,28)/t11-,12+,13+/m0/s1. The zero-order valence-corrected chi connectivity index (χ0v) is 15.2. The van der Waals surface area contributed by atoms with E-state index in [0.717, 1.165) is 4.57 Å². The van der Waals surface area contributed by atoms with Crippen molar-refractivity contribution >= 4 is 5.91 Å². The summed E-state index contributed by atoms with van der Waals surface area (Å²) < 4.78 is 42.5. The number of nitrogens with zero attached hydrogens (tertiary/aromatic N) is 1. The quantitative estimate of drug-likeness (QED) is 0.359. The molecule has 1 amide bonds. The number of nitrogens with one attached hydrogen (secondary N) is 2. The summed E-state index contributed by atoms with van der Waals surface area (Å²) in [5, 5.41) is 20.6. The summed E-state index contributed by atoms with van der Waals surface area (Å²) in [6, 6.07) is 0. The molecule has 0 aromatic carbocycles. The topological polar surface area (TPSA) is 134 Å². The highest BCUT2D eigenvalue weighted by atomic mass is 19.4. The van der Waals surface area contributed by atoms with Crippen LogP contribution in [0.4, 0.5) is 13.2 Å². The molecule has 1 aromatic rings. The van der Waals surface area contributed by atoms with Crippen molar-refractivity contribution in [2.24, 2.45) is 0 Å². The summed E-state index contributed by atoms with van der Waals surface area (Å²) in [4.78, 5) is 36.6. The van der Waals surface area contributed by atoms with Crippen LogP contribution in [0.15, 0.2) is 15.8 Å². The van der Waals surface area contributed by atoms with Gasteiger partial charge >= 0.3 is 17.8 Å². The van der Waals surface area contributed by atoms with Gasteiger partial charge in [-0.15, -0.1) is 0 Å². The third-order valence-electron chi connectivity index (χ3n) is 4.16. The van der Waals surface area contributed by atoms with Gasteiger partial charge in [-0.25, -0.2) is 4.79 Å². The van der Waals surface area contributed by atoms with E-state index in [0.29, 0.717) is 6.42 Å². The average Bonchev–Trinajstić information content (AvgIpc) is 3.01. The van der Waals surface area contributed by atoms with Crippen LogP contribution < -0.4 is 16.6 Å². The molecular formula is C17H20F3N3O6. The molecule has 4 N–H and O–H groups in total. The van der Waals surface area contributed by atoms with Crippen molar-refractivity contribution in [3.63, 3.8) is 0 Å². The lowest BCUT2D eigenvalue weighted by atomic mass is 10.2. The fourth-order valence-electron chi connectivity index (χ4n) is 2.64. The molecule has 2 heterocycles. The molecule has 2 rings (SSSR count). The highest BCUT2D eigenvalue weighted by Gasteiger charge is 2.38. The first-order valence-corrected chi connectivity index (χ1v) is 8.77. The largest absolute Gasteiger partial charge is 0.471 e. The summed E-state index contributed by atoms with van der Waals surface area (Å²) >= 11 is 0. The average molecular weight is 419 g/mol. The highest BCUT2D eigenvalue weighted by Crippen LogP contribution is 2.27. The number of aromatic amines is 1. The van der Waals surface area contributed by atoms with Crippen LogP contribution in [-0.2, 0) is 9.53 Å². The third kappa shape index (κ3) is 6.18. The number of aromatic nitrogens is 2. The van der Waals surface area contributed by atoms with Crippen LogP contribution in [-0.4, -0.2) is 57.2 Å². The summed E-state index contributed by atoms with van der Waals surface area (Å²) in [6.45, 7) is -0.579. The minimum Gasteiger partial charge on any atom is -0.394 e. The van der Waals surface area contributed by atoms with Crippen molar-refractivity contribution in [2.45, 2.75) is 50.3 Å². The molecule has 0 aliphatic carbocycles. The van der Waals surface area contributed by atoms with Gasteiger partial charge in [0.25, 0.3) is 5.56 Å². The lowest BCUT2D eigenvalue weighted by molar-refractivity contribution is -0.173. The van der Waals surface area contributed by atoms with E-state index >= 15 is 0 Å². The highest BCUT2D eigenvalue weighted by molar-refractivity contribution is 5.81. The molecule has 0 radical (unpaired) electrons. The number of alkyl halides is 3. The summed E-state index contributed by atoms with van der Waals surface area (Å²) in [5.41, 5.74) is -1.49. The van der Waals surface area contributed by atoms with Crippen LogP contribution in [0.2, 0.25) is 0 Å². The predicted octanol–water partition coefficient (Wildman–Crippen LogP) is -0.622. The van der Waals surface area contributed by atoms with Crippen LogP contribution in [0.25, 0.3) is 0 Å². The zero-order chi connectivity index (χ0) is 21.6. The number of H-pyrrole nitrogens is 1. The van der Waals surface area contributed by atoms with Crippen LogP contribution in [0.5, 0.6) is 0 Å². The molecule has 1 saturated heterocycles. The van der Waals surface area contributed by atoms with Gasteiger partial charge in [0, 0.05) is 25.6 Å². The van der Waals surface area contributed by atoms with E-state index < -0.39 is 48.4 Å². The molecule has 0 bridgehead atoms. The number of halogens is 3. The number of unbranched alkanes of at least 4 members (excludes halogenated alkanes) is 2. The molecular weight excluding hydrogens is 399 g/mol. The molecule has 0 spiro atoms. The second-order valence-electron chi connectivity index (χ2n) is 6.34. The minimum absolute atomic E-state index is 0.0273. The van der Waals surface area contributed by atoms with Crippen molar-refractivity contribution in [1.82, 2.24) is 14.9 Å². The number of amides is 1. The van der Waals surface area contributed by atoms with Gasteiger partial charge in [-0.05, 0) is 12.8 Å². The first kappa shape index (κ1) is 22.7. The number of carbonyl (C=O) groups is 1. The Bertz CT molecular complexity index is 899. The van der Waals surface area contributed by atoms with Gasteiger partial charge in [-0.1, -0.05) is 11.8 Å². The maximum Gasteiger partial charge on any atom is 0.471 e. The van der Waals surface area contributed by atoms with Crippen LogP contribution in [0, 0.1) is 11.8 Å². The van der Waals surface area contributed by atoms with E-state index in [4.69, 9.17) is 9.84 Å². The van der Waals surface area contributed by atoms with Crippen LogP contribution >= 0.6 is 0 Å². The number of rotatable bonds is 6. The fourth-order valence-corrected chi connectivity index (χ4v) is 2.64. The minimum atomic E-state index is -4.92. The van der Waals surface area contributed by atoms with E-state index in [1.165, 1.54) is 6.20 Å². The van der Waals surface area contributed by atoms with Gasteiger partial charge < -0.3 is 20.3 Å². The van der Waals surface area contributed by atoms with Gasteiger partial charge in [0.2, 0.25) is 0 Å². The normalized spacial score (nSPS) is 21.5. The van der Waals surface area contributed by atoms with E-state index in [2.05, 4.69) is 16.8 Å². The monoisotopic (exact) mass is 419 g/mol. The number of aliphatic hydroxyl groups excluding tert-OH is 2. The maximum atomic E-state index is 12.0. The number of hydrogen-bond acceptors (Lipinski definition) is 6. The van der Waals surface area contributed by atoms with Gasteiger partial charge in [0.05, 0.1) is 12.7 Å². The predicted molar refractivity (Wildman–Crippen MR) is 92.7 cm³/mol. The van der Waals surface area contributed by atoms with Gasteiger partial charge in [-0.3, -0.25) is 19.1 Å². The zero-order valence-electron chi connectivity index (χ0n) is 15.2. The Hall–Kier alpha value is -2.62. The molecule has 9 nitrogen and oxygen atoms in total. The molecule has 12 heteroatoms. The van der Waals surface area contributed by atoms with E-state index in [1.807, 2.05) is 0 Å². The Labute approximate surface area is 162 Å². The number of carbonyl (C=O) groups excluding carboxylic acids is 1. The van der Waals surface area contributed by atoms with Crippen molar-refractivity contribution in [3.05, 3.63) is 32.6 Å². The number of ether oxygens (including phenoxy) is 1. The van der Waals surface area contributed by atoms with E-state index in [-0.39, 0.29) is 31.4 Å². The summed E-state index contributed by atoms with van der Waals surface area (Å²) in [7, 11) is 0. The lowest BCUT2D eigenvalue weighted by Crippen LogP contribution is -2.37. The van der Waals surface area contributed by atoms with Crippen LogP contribution in [0.3, 0.4) is 0 Å². The van der Waals surface area contributed by atoms with Crippen molar-refractivity contribution < 1.29 is 32.9 Å². The molecule has 29 heavy (non-hydrogen) atoms. The van der Waals surface area contributed by atoms with E-state index in [1.54, 1.807) is 5.32 Å². The second-order valence-corrected chi connectivity index (χ2v) is 6.34. The van der Waals surface area contributed by atoms with Gasteiger partial charge in [-0.2, -0.15) is 13.2 Å². The Balaban J connectivity index is 1.93. The Morgan fingerprint density at radius 1 is 1.38 bits per heavy atom. The van der Waals surface area contributed by atoms with Crippen molar-refractivity contribution in [2.75, 3.05) is 13.2 Å². The first-order valence-electron chi connectivity index (χ1n) is 8.77. The molecule has 1 aromatic heterocycles. The lowest BCUT2D eigenvalue weighted by Gasteiger charge is -2.14. The maximum absolute atomic E-state index is 12.0. The molecule has 1 fully saturated rings. The molecule has 3 atom stereocenters. The molecule has 160 valence electrons. The SMILES string of the molecule is O=C(NCCCCC#Cc1cn([C@H]2C[C@H](O)[C@@H](CO)O2)c(=O)[nH]c1=O)C(F)(F)F. The summed E-state index contributed by atoms with van der Waals surface area (Å²) in [6.07, 6.45) is -5.44. The van der Waals surface area contributed by atoms with Gasteiger partial charge in [0.1, 0.15) is 17.9 Å². The molecule has 1 aliphatic rings. The fraction of sp³-hybridized carbons (Fsp3) is 0.588. The van der Waals surface area contributed by atoms with Crippen molar-refractivity contribution in [3.8, 4) is 11.8 Å². The van der Waals surface area contributed by atoms with Gasteiger partial charge in [0.15, 0.2) is 0 Å². The Kier molecular flexibility index (Phi) is 7.60. The third-order valence-corrected chi connectivity index (χ3v) is 4.16. The Morgan fingerprint density at radius 3 is 2.72 bits per heavy atom. The molecule has 0 saturated carbocycles. The van der Waals surface area contributed by atoms with E-state index in [9.17, 15) is 32.7 Å². The Morgan fingerprint density at radius 2 is 2.10 bits per heavy atom.